The molecule has 0 radical (unpaired) electrons. The van der Waals surface area contributed by atoms with Crippen LogP contribution in [0.4, 0.5) is 0 Å². The average molecular weight is 359 g/mol. The molecule has 1 atom stereocenters. The lowest BCUT2D eigenvalue weighted by Gasteiger charge is -2.20. The van der Waals surface area contributed by atoms with E-state index in [4.69, 9.17) is 13.9 Å². The van der Waals surface area contributed by atoms with E-state index in [2.05, 4.69) is 4.98 Å². The molecule has 0 saturated heterocycles. The van der Waals surface area contributed by atoms with Gasteiger partial charge in [0.2, 0.25) is 5.92 Å². The zero-order valence-corrected chi connectivity index (χ0v) is 14.7. The molecule has 0 bridgehead atoms. The van der Waals surface area contributed by atoms with Crippen LogP contribution in [0, 0.1) is 5.92 Å². The molecule has 0 spiro atoms. The number of carbonyl (C=O) groups is 3. The van der Waals surface area contributed by atoms with Crippen molar-refractivity contribution in [2.75, 3.05) is 13.2 Å². The average Bonchev–Trinajstić information content (AvgIpc) is 3.14. The van der Waals surface area contributed by atoms with E-state index in [1.807, 2.05) is 0 Å². The number of furan rings is 1. The highest BCUT2D eigenvalue weighted by Crippen LogP contribution is 2.25. The number of ether oxygens (including phenoxy) is 2. The highest BCUT2D eigenvalue weighted by Gasteiger charge is 2.41. The number of esters is 2. The van der Waals surface area contributed by atoms with Gasteiger partial charge in [0.1, 0.15) is 0 Å². The molecule has 7 heteroatoms. The normalized spacial score (nSPS) is 11.8. The molecule has 1 unspecified atom stereocenters. The third-order valence-corrected chi connectivity index (χ3v) is 3.74. The second-order valence-electron chi connectivity index (χ2n) is 5.48. The van der Waals surface area contributed by atoms with Crippen molar-refractivity contribution in [3.8, 4) is 0 Å². The number of rotatable bonds is 9. The first-order chi connectivity index (χ1) is 12.6. The minimum Gasteiger partial charge on any atom is -0.472 e. The Labute approximate surface area is 151 Å². The van der Waals surface area contributed by atoms with Crippen molar-refractivity contribution in [3.05, 3.63) is 54.2 Å². The number of aromatic nitrogens is 1. The van der Waals surface area contributed by atoms with Crippen LogP contribution in [0.1, 0.15) is 31.0 Å². The van der Waals surface area contributed by atoms with Gasteiger partial charge in [-0.15, -0.1) is 0 Å². The van der Waals surface area contributed by atoms with Gasteiger partial charge in [0.25, 0.3) is 0 Å². The third-order valence-electron chi connectivity index (χ3n) is 3.74. The number of nitrogens with zero attached hydrogens (tertiary/aromatic N) is 1. The standard InChI is InChI=1S/C19H21NO6/c1-3-25-18(22)16(19(23)26-4-2)17(21)14(11-13-8-10-24-12-13)15-7-5-6-9-20-15/h5-10,12,14,16H,3-4,11H2,1-2H3. The maximum atomic E-state index is 13.1. The Morgan fingerprint density at radius 3 is 2.27 bits per heavy atom. The number of pyridine rings is 1. The third kappa shape index (κ3) is 4.78. The topological polar surface area (TPSA) is 95.7 Å². The zero-order valence-electron chi connectivity index (χ0n) is 14.7. The lowest BCUT2D eigenvalue weighted by atomic mass is 9.86. The van der Waals surface area contributed by atoms with E-state index in [0.29, 0.717) is 5.69 Å². The Morgan fingerprint density at radius 1 is 1.08 bits per heavy atom. The SMILES string of the molecule is CCOC(=O)C(C(=O)OCC)C(=O)C(Cc1ccoc1)c1ccccn1. The Bertz CT molecular complexity index is 708. The van der Waals surface area contributed by atoms with Crippen LogP contribution in [0.15, 0.2) is 47.4 Å². The van der Waals surface area contributed by atoms with E-state index >= 15 is 0 Å². The van der Waals surface area contributed by atoms with Gasteiger partial charge in [-0.1, -0.05) is 6.07 Å². The van der Waals surface area contributed by atoms with Crippen LogP contribution in [-0.2, 0) is 30.3 Å². The first-order valence-corrected chi connectivity index (χ1v) is 8.37. The molecule has 0 fully saturated rings. The van der Waals surface area contributed by atoms with Crippen molar-refractivity contribution in [1.29, 1.82) is 0 Å². The first-order valence-electron chi connectivity index (χ1n) is 8.37. The van der Waals surface area contributed by atoms with Gasteiger partial charge in [0, 0.05) is 6.20 Å². The molecular formula is C19H21NO6. The Balaban J connectivity index is 2.37. The lowest BCUT2D eigenvalue weighted by Crippen LogP contribution is -2.38. The molecule has 0 saturated carbocycles. The summed E-state index contributed by atoms with van der Waals surface area (Å²) < 4.78 is 14.9. The monoisotopic (exact) mass is 359 g/mol. The van der Waals surface area contributed by atoms with Crippen LogP contribution in [0.5, 0.6) is 0 Å². The number of ketones is 1. The number of Topliss-reactive ketones (excluding diaryl/α,β-unsaturated/α-hetero) is 1. The Morgan fingerprint density at radius 2 is 1.77 bits per heavy atom. The Kier molecular flexibility index (Phi) is 7.08. The van der Waals surface area contributed by atoms with Gasteiger partial charge < -0.3 is 13.9 Å². The van der Waals surface area contributed by atoms with Gasteiger partial charge in [-0.25, -0.2) is 0 Å². The highest BCUT2D eigenvalue weighted by molar-refractivity contribution is 6.16. The summed E-state index contributed by atoms with van der Waals surface area (Å²) in [4.78, 5) is 41.9. The maximum Gasteiger partial charge on any atom is 0.328 e. The molecule has 138 valence electrons. The van der Waals surface area contributed by atoms with Crippen LogP contribution in [0.25, 0.3) is 0 Å². The van der Waals surface area contributed by atoms with E-state index in [-0.39, 0.29) is 19.6 Å². The summed E-state index contributed by atoms with van der Waals surface area (Å²) >= 11 is 0. The summed E-state index contributed by atoms with van der Waals surface area (Å²) in [5.41, 5.74) is 1.21. The fourth-order valence-corrected chi connectivity index (χ4v) is 2.56. The first kappa shape index (κ1) is 19.4. The van der Waals surface area contributed by atoms with E-state index in [1.54, 1.807) is 44.3 Å². The van der Waals surface area contributed by atoms with Gasteiger partial charge >= 0.3 is 11.9 Å². The fraction of sp³-hybridized carbons (Fsp3) is 0.368. The van der Waals surface area contributed by atoms with Crippen molar-refractivity contribution < 1.29 is 28.3 Å². The molecule has 2 rings (SSSR count). The largest absolute Gasteiger partial charge is 0.472 e. The minimum absolute atomic E-state index is 0.0536. The molecule has 26 heavy (non-hydrogen) atoms. The molecule has 2 heterocycles. The highest BCUT2D eigenvalue weighted by atomic mass is 16.6. The summed E-state index contributed by atoms with van der Waals surface area (Å²) in [6.07, 6.45) is 4.78. The van der Waals surface area contributed by atoms with Crippen LogP contribution in [-0.4, -0.2) is 35.9 Å². The summed E-state index contributed by atoms with van der Waals surface area (Å²) in [6.45, 7) is 3.31. The number of hydrogen-bond donors (Lipinski definition) is 0. The van der Waals surface area contributed by atoms with Gasteiger partial charge in [0.05, 0.1) is 37.4 Å². The molecule has 0 aliphatic rings. The van der Waals surface area contributed by atoms with Crippen LogP contribution in [0.2, 0.25) is 0 Å². The van der Waals surface area contributed by atoms with E-state index in [1.165, 1.54) is 12.5 Å². The quantitative estimate of drug-likeness (QED) is 0.501. The van der Waals surface area contributed by atoms with Crippen molar-refractivity contribution in [1.82, 2.24) is 4.98 Å². The summed E-state index contributed by atoms with van der Waals surface area (Å²) in [5.74, 6) is -4.89. The van der Waals surface area contributed by atoms with Crippen LogP contribution in [0.3, 0.4) is 0 Å². The Hall–Kier alpha value is -2.96. The number of carbonyl (C=O) groups excluding carboxylic acids is 3. The summed E-state index contributed by atoms with van der Waals surface area (Å²) in [7, 11) is 0. The molecule has 0 N–H and O–H groups in total. The second-order valence-corrected chi connectivity index (χ2v) is 5.48. The lowest BCUT2D eigenvalue weighted by molar-refractivity contribution is -0.164. The smallest absolute Gasteiger partial charge is 0.328 e. The summed E-state index contributed by atoms with van der Waals surface area (Å²) in [5, 5.41) is 0. The second kappa shape index (κ2) is 9.50. The van der Waals surface area contributed by atoms with Crippen LogP contribution < -0.4 is 0 Å². The van der Waals surface area contributed by atoms with Gasteiger partial charge in [-0.3, -0.25) is 19.4 Å². The molecule has 0 amide bonds. The van der Waals surface area contributed by atoms with Crippen molar-refractivity contribution in [2.24, 2.45) is 5.92 Å². The molecule has 0 aromatic carbocycles. The predicted molar refractivity (Wildman–Crippen MR) is 91.2 cm³/mol. The fourth-order valence-electron chi connectivity index (χ4n) is 2.56. The zero-order chi connectivity index (χ0) is 18.9. The molecule has 0 aliphatic carbocycles. The van der Waals surface area contributed by atoms with Crippen LogP contribution >= 0.6 is 0 Å². The van der Waals surface area contributed by atoms with Crippen molar-refractivity contribution >= 4 is 17.7 Å². The van der Waals surface area contributed by atoms with Crippen molar-refractivity contribution in [3.63, 3.8) is 0 Å². The van der Waals surface area contributed by atoms with Gasteiger partial charge in [-0.2, -0.15) is 0 Å². The molecule has 2 aromatic rings. The minimum atomic E-state index is -1.64. The maximum absolute atomic E-state index is 13.1. The van der Waals surface area contributed by atoms with E-state index < -0.39 is 29.6 Å². The molecule has 7 nitrogen and oxygen atoms in total. The number of hydrogen-bond acceptors (Lipinski definition) is 7. The molecular weight excluding hydrogens is 338 g/mol. The molecule has 0 aliphatic heterocycles. The van der Waals surface area contributed by atoms with E-state index in [9.17, 15) is 14.4 Å². The summed E-state index contributed by atoms with van der Waals surface area (Å²) in [6, 6.07) is 6.85. The van der Waals surface area contributed by atoms with Gasteiger partial charge in [-0.05, 0) is 44.0 Å². The predicted octanol–water partition coefficient (Wildman–Crippen LogP) is 2.31. The van der Waals surface area contributed by atoms with Crippen molar-refractivity contribution in [2.45, 2.75) is 26.2 Å². The molecule has 2 aromatic heterocycles. The van der Waals surface area contributed by atoms with Gasteiger partial charge in [0.15, 0.2) is 5.78 Å². The van der Waals surface area contributed by atoms with E-state index in [0.717, 1.165) is 5.56 Å².